The molecule has 1 aliphatic rings. The molecule has 1 aromatic carbocycles. The van der Waals surface area contributed by atoms with Crippen LogP contribution in [-0.2, 0) is 14.3 Å². The van der Waals surface area contributed by atoms with Gasteiger partial charge < -0.3 is 4.90 Å². The minimum absolute atomic E-state index is 0.145. The Morgan fingerprint density at radius 3 is 2.74 bits per heavy atom. The molecule has 23 heavy (non-hydrogen) atoms. The third-order valence-electron chi connectivity index (χ3n) is 3.87. The van der Waals surface area contributed by atoms with E-state index in [9.17, 15) is 8.42 Å². The van der Waals surface area contributed by atoms with E-state index < -0.39 is 10.1 Å². The minimum atomic E-state index is -3.69. The van der Waals surface area contributed by atoms with Crippen LogP contribution in [0.2, 0.25) is 0 Å². The number of nitrogens with zero attached hydrogens (tertiary/aromatic N) is 2. The Morgan fingerprint density at radius 2 is 2.04 bits per heavy atom. The van der Waals surface area contributed by atoms with Gasteiger partial charge in [0.2, 0.25) is 0 Å². The molecule has 1 fully saturated rings. The molecule has 0 amide bonds. The first kappa shape index (κ1) is 17.5. The first-order valence-electron chi connectivity index (χ1n) is 7.82. The van der Waals surface area contributed by atoms with Gasteiger partial charge in [-0.05, 0) is 44.7 Å². The summed E-state index contributed by atoms with van der Waals surface area (Å²) in [6.07, 6.45) is 5.31. The van der Waals surface area contributed by atoms with E-state index in [1.807, 2.05) is 6.92 Å². The molecule has 0 radical (unpaired) electrons. The molecular formula is C17H22N2O3S. The number of allylic oxidation sites excluding steroid dienone is 2. The van der Waals surface area contributed by atoms with Crippen molar-refractivity contribution in [2.24, 2.45) is 0 Å². The zero-order valence-electron chi connectivity index (χ0n) is 13.4. The first-order valence-corrected chi connectivity index (χ1v) is 9.23. The fraction of sp³-hybridized carbons (Fsp3) is 0.471. The Kier molecular flexibility index (Phi) is 6.20. The number of likely N-dealkylation sites (tertiary alicyclic amines) is 1. The molecule has 1 aliphatic heterocycles. The van der Waals surface area contributed by atoms with Crippen molar-refractivity contribution in [3.63, 3.8) is 0 Å². The second kappa shape index (κ2) is 8.14. The Balaban J connectivity index is 1.83. The van der Waals surface area contributed by atoms with Crippen LogP contribution in [0.15, 0.2) is 40.9 Å². The summed E-state index contributed by atoms with van der Waals surface area (Å²) in [5, 5.41) is 8.80. The predicted octanol–water partition coefficient (Wildman–Crippen LogP) is 2.98. The highest BCUT2D eigenvalue weighted by molar-refractivity contribution is 7.86. The molecule has 0 bridgehead atoms. The summed E-state index contributed by atoms with van der Waals surface area (Å²) >= 11 is 0. The fourth-order valence-electron chi connectivity index (χ4n) is 2.60. The molecule has 1 heterocycles. The molecule has 124 valence electrons. The Labute approximate surface area is 138 Å². The van der Waals surface area contributed by atoms with Crippen LogP contribution in [0.25, 0.3) is 0 Å². The van der Waals surface area contributed by atoms with Crippen molar-refractivity contribution in [2.45, 2.75) is 37.5 Å². The molecule has 0 spiro atoms. The Morgan fingerprint density at radius 1 is 1.30 bits per heavy atom. The molecule has 5 nitrogen and oxygen atoms in total. The van der Waals surface area contributed by atoms with Gasteiger partial charge in [-0.2, -0.15) is 13.7 Å². The normalized spacial score (nSPS) is 17.2. The molecule has 6 heteroatoms. The van der Waals surface area contributed by atoms with Gasteiger partial charge in [-0.15, -0.1) is 0 Å². The topological polar surface area (TPSA) is 70.4 Å². The van der Waals surface area contributed by atoms with Crippen LogP contribution in [0.5, 0.6) is 0 Å². The number of rotatable bonds is 6. The number of nitriles is 1. The third-order valence-corrected chi connectivity index (χ3v) is 5.20. The van der Waals surface area contributed by atoms with Gasteiger partial charge in [-0.1, -0.05) is 17.7 Å². The molecule has 0 saturated carbocycles. The van der Waals surface area contributed by atoms with Crippen LogP contribution >= 0.6 is 0 Å². The molecular weight excluding hydrogens is 312 g/mol. The van der Waals surface area contributed by atoms with Gasteiger partial charge in [0.1, 0.15) is 0 Å². The molecule has 0 N–H and O–H groups in total. The number of piperidine rings is 1. The SMILES string of the molecule is Cc1ccc(S(=O)(=O)OCCCN2CCCCC2=CC#N)cc1. The van der Waals surface area contributed by atoms with Crippen molar-refractivity contribution >= 4 is 10.1 Å². The zero-order valence-corrected chi connectivity index (χ0v) is 14.2. The van der Waals surface area contributed by atoms with Crippen LogP contribution in [0.4, 0.5) is 0 Å². The summed E-state index contributed by atoms with van der Waals surface area (Å²) in [5.41, 5.74) is 2.05. The average Bonchev–Trinajstić information content (AvgIpc) is 2.54. The first-order chi connectivity index (χ1) is 11.0. The van der Waals surface area contributed by atoms with Crippen LogP contribution in [0.1, 0.15) is 31.2 Å². The summed E-state index contributed by atoms with van der Waals surface area (Å²) in [6.45, 7) is 3.67. The van der Waals surface area contributed by atoms with Gasteiger partial charge in [0.05, 0.1) is 17.6 Å². The summed E-state index contributed by atoms with van der Waals surface area (Å²) in [5.74, 6) is 0. The number of hydrogen-bond donors (Lipinski definition) is 0. The second-order valence-corrected chi connectivity index (χ2v) is 7.27. The highest BCUT2D eigenvalue weighted by Crippen LogP contribution is 2.20. The highest BCUT2D eigenvalue weighted by atomic mass is 32.2. The van der Waals surface area contributed by atoms with E-state index in [0.29, 0.717) is 13.0 Å². The summed E-state index contributed by atoms with van der Waals surface area (Å²) in [6, 6.07) is 8.70. The minimum Gasteiger partial charge on any atom is -0.374 e. The van der Waals surface area contributed by atoms with Crippen molar-refractivity contribution in [3.8, 4) is 6.07 Å². The monoisotopic (exact) mass is 334 g/mol. The molecule has 2 rings (SSSR count). The van der Waals surface area contributed by atoms with E-state index in [0.717, 1.165) is 37.1 Å². The Bertz CT molecular complexity index is 688. The van der Waals surface area contributed by atoms with E-state index in [2.05, 4.69) is 11.0 Å². The van der Waals surface area contributed by atoms with Crippen LogP contribution in [-0.4, -0.2) is 33.0 Å². The van der Waals surface area contributed by atoms with Gasteiger partial charge in [0.25, 0.3) is 10.1 Å². The van der Waals surface area contributed by atoms with Gasteiger partial charge >= 0.3 is 0 Å². The average molecular weight is 334 g/mol. The van der Waals surface area contributed by atoms with Crippen LogP contribution in [0, 0.1) is 18.3 Å². The van der Waals surface area contributed by atoms with Gasteiger partial charge in [-0.25, -0.2) is 0 Å². The van der Waals surface area contributed by atoms with Crippen molar-refractivity contribution < 1.29 is 12.6 Å². The van der Waals surface area contributed by atoms with Crippen molar-refractivity contribution in [1.82, 2.24) is 4.90 Å². The molecule has 0 unspecified atom stereocenters. The van der Waals surface area contributed by atoms with Crippen LogP contribution < -0.4 is 0 Å². The van der Waals surface area contributed by atoms with Crippen molar-refractivity contribution in [3.05, 3.63) is 41.6 Å². The second-order valence-electron chi connectivity index (χ2n) is 5.65. The summed E-state index contributed by atoms with van der Waals surface area (Å²) in [7, 11) is -3.69. The number of aryl methyl sites for hydroxylation is 1. The highest BCUT2D eigenvalue weighted by Gasteiger charge is 2.17. The lowest BCUT2D eigenvalue weighted by Crippen LogP contribution is -2.29. The molecule has 0 atom stereocenters. The summed E-state index contributed by atoms with van der Waals surface area (Å²) in [4.78, 5) is 2.33. The van der Waals surface area contributed by atoms with E-state index in [-0.39, 0.29) is 11.5 Å². The van der Waals surface area contributed by atoms with Gasteiger partial charge in [0.15, 0.2) is 0 Å². The maximum atomic E-state index is 12.1. The molecule has 0 aliphatic carbocycles. The maximum Gasteiger partial charge on any atom is 0.296 e. The predicted molar refractivity (Wildman–Crippen MR) is 88.1 cm³/mol. The van der Waals surface area contributed by atoms with Crippen molar-refractivity contribution in [2.75, 3.05) is 19.7 Å². The number of benzene rings is 1. The lowest BCUT2D eigenvalue weighted by Gasteiger charge is -2.31. The zero-order chi connectivity index (χ0) is 16.7. The lowest BCUT2D eigenvalue weighted by molar-refractivity contribution is 0.248. The summed E-state index contributed by atoms with van der Waals surface area (Å²) < 4.78 is 29.2. The Hall–Kier alpha value is -1.84. The quantitative estimate of drug-likeness (QED) is 0.454. The maximum absolute atomic E-state index is 12.1. The van der Waals surface area contributed by atoms with E-state index in [1.54, 1.807) is 30.3 Å². The molecule has 1 saturated heterocycles. The fourth-order valence-corrected chi connectivity index (χ4v) is 3.54. The van der Waals surface area contributed by atoms with E-state index >= 15 is 0 Å². The molecule has 0 aromatic heterocycles. The van der Waals surface area contributed by atoms with Crippen molar-refractivity contribution in [1.29, 1.82) is 5.26 Å². The number of hydrogen-bond acceptors (Lipinski definition) is 5. The smallest absolute Gasteiger partial charge is 0.296 e. The molecule has 1 aromatic rings. The van der Waals surface area contributed by atoms with E-state index in [1.165, 1.54) is 0 Å². The standard InChI is InChI=1S/C17H22N2O3S/c1-15-6-8-17(9-7-15)23(20,21)22-14-4-13-19-12-3-2-5-16(19)10-11-18/h6-10H,2-5,12-14H2,1H3. The largest absolute Gasteiger partial charge is 0.374 e. The lowest BCUT2D eigenvalue weighted by atomic mass is 10.1. The third kappa shape index (κ3) is 5.08. The van der Waals surface area contributed by atoms with Gasteiger partial charge in [-0.3, -0.25) is 4.18 Å². The van der Waals surface area contributed by atoms with Crippen LogP contribution in [0.3, 0.4) is 0 Å². The van der Waals surface area contributed by atoms with Gasteiger partial charge in [0, 0.05) is 24.9 Å². The van der Waals surface area contributed by atoms with E-state index in [4.69, 9.17) is 9.44 Å².